The molecule has 1 aliphatic heterocycles. The van der Waals surface area contributed by atoms with Gasteiger partial charge in [0.25, 0.3) is 0 Å². The van der Waals surface area contributed by atoms with Gasteiger partial charge in [0.1, 0.15) is 0 Å². The van der Waals surface area contributed by atoms with E-state index in [0.29, 0.717) is 12.4 Å². The third-order valence-corrected chi connectivity index (χ3v) is 5.08. The predicted molar refractivity (Wildman–Crippen MR) is 113 cm³/mol. The van der Waals surface area contributed by atoms with Crippen LogP contribution in [0.1, 0.15) is 18.4 Å². The zero-order valence-electron chi connectivity index (χ0n) is 16.2. The van der Waals surface area contributed by atoms with Crippen molar-refractivity contribution in [3.8, 4) is 0 Å². The Kier molecular flexibility index (Phi) is 5.95. The molecule has 7 heteroatoms. The van der Waals surface area contributed by atoms with Crippen LogP contribution < -0.4 is 15.5 Å². The highest BCUT2D eigenvalue weighted by Crippen LogP contribution is 2.23. The Morgan fingerprint density at radius 1 is 1.00 bits per heavy atom. The summed E-state index contributed by atoms with van der Waals surface area (Å²) in [4.78, 5) is 18.7. The van der Waals surface area contributed by atoms with Crippen molar-refractivity contribution in [3.05, 3.63) is 72.6 Å². The van der Waals surface area contributed by atoms with Gasteiger partial charge in [-0.05, 0) is 48.7 Å². The topological polar surface area (TPSA) is 83.0 Å². The Labute approximate surface area is 170 Å². The number of para-hydroxylation sites is 1. The standard InChI is InChI=1S/C22H24N6O/c29-22(24-16-17-5-4-12-23-15-17)18-10-13-28(14-11-18)21-9-8-20(26-27-21)25-19-6-2-1-3-7-19/h1-9,12,15,18H,10-11,13-14,16H2,(H,24,29)(H,25,26). The van der Waals surface area contributed by atoms with Crippen LogP contribution in [0.4, 0.5) is 17.3 Å². The summed E-state index contributed by atoms with van der Waals surface area (Å²) in [6.07, 6.45) is 5.13. The fourth-order valence-corrected chi connectivity index (χ4v) is 3.44. The second kappa shape index (κ2) is 9.14. The van der Waals surface area contributed by atoms with Crippen LogP contribution in [0.15, 0.2) is 67.0 Å². The van der Waals surface area contributed by atoms with Crippen molar-refractivity contribution in [2.45, 2.75) is 19.4 Å². The molecule has 0 spiro atoms. The number of hydrogen-bond acceptors (Lipinski definition) is 6. The van der Waals surface area contributed by atoms with E-state index in [1.165, 1.54) is 0 Å². The lowest BCUT2D eigenvalue weighted by Crippen LogP contribution is -2.40. The number of anilines is 3. The molecule has 1 aromatic carbocycles. The summed E-state index contributed by atoms with van der Waals surface area (Å²) in [6.45, 7) is 2.12. The number of amides is 1. The zero-order chi connectivity index (χ0) is 19.9. The molecule has 2 N–H and O–H groups in total. The first-order chi connectivity index (χ1) is 14.3. The van der Waals surface area contributed by atoms with Gasteiger partial charge in [0.2, 0.25) is 5.91 Å². The number of pyridine rings is 1. The average molecular weight is 388 g/mol. The minimum absolute atomic E-state index is 0.0369. The van der Waals surface area contributed by atoms with Gasteiger partial charge < -0.3 is 15.5 Å². The van der Waals surface area contributed by atoms with Crippen LogP contribution in [0.3, 0.4) is 0 Å². The Morgan fingerprint density at radius 3 is 2.52 bits per heavy atom. The van der Waals surface area contributed by atoms with Gasteiger partial charge >= 0.3 is 0 Å². The maximum atomic E-state index is 12.4. The number of aromatic nitrogens is 3. The second-order valence-electron chi connectivity index (χ2n) is 7.11. The highest BCUT2D eigenvalue weighted by atomic mass is 16.1. The van der Waals surface area contributed by atoms with Gasteiger partial charge in [-0.25, -0.2) is 0 Å². The minimum atomic E-state index is 0.0369. The summed E-state index contributed by atoms with van der Waals surface area (Å²) in [5.74, 6) is 1.71. The summed E-state index contributed by atoms with van der Waals surface area (Å²) in [5.41, 5.74) is 1.99. The van der Waals surface area contributed by atoms with Crippen molar-refractivity contribution in [3.63, 3.8) is 0 Å². The van der Waals surface area contributed by atoms with Crippen molar-refractivity contribution in [2.24, 2.45) is 5.92 Å². The fraction of sp³-hybridized carbons (Fsp3) is 0.273. The second-order valence-corrected chi connectivity index (χ2v) is 7.11. The van der Waals surface area contributed by atoms with Gasteiger partial charge in [-0.1, -0.05) is 24.3 Å². The molecule has 3 aromatic rings. The molecule has 148 valence electrons. The molecule has 4 rings (SSSR count). The molecule has 0 saturated carbocycles. The van der Waals surface area contributed by atoms with Crippen LogP contribution in [-0.2, 0) is 11.3 Å². The highest BCUT2D eigenvalue weighted by Gasteiger charge is 2.25. The average Bonchev–Trinajstić information content (AvgIpc) is 2.79. The van der Waals surface area contributed by atoms with E-state index in [-0.39, 0.29) is 11.8 Å². The predicted octanol–water partition coefficient (Wildman–Crippen LogP) is 3.15. The van der Waals surface area contributed by atoms with Gasteiger partial charge in [0.15, 0.2) is 11.6 Å². The Hall–Kier alpha value is -3.48. The molecule has 29 heavy (non-hydrogen) atoms. The van der Waals surface area contributed by atoms with Gasteiger partial charge in [-0.2, -0.15) is 0 Å². The summed E-state index contributed by atoms with van der Waals surface area (Å²) in [7, 11) is 0. The molecular formula is C22H24N6O. The number of rotatable bonds is 6. The summed E-state index contributed by atoms with van der Waals surface area (Å²) >= 11 is 0. The molecule has 0 aliphatic carbocycles. The Bertz CT molecular complexity index is 909. The molecule has 1 fully saturated rings. The van der Waals surface area contributed by atoms with E-state index in [0.717, 1.165) is 43.0 Å². The lowest BCUT2D eigenvalue weighted by atomic mass is 9.96. The molecule has 1 saturated heterocycles. The molecule has 3 heterocycles. The van der Waals surface area contributed by atoms with Crippen molar-refractivity contribution < 1.29 is 4.79 Å². The van der Waals surface area contributed by atoms with Crippen molar-refractivity contribution in [2.75, 3.05) is 23.3 Å². The molecule has 0 bridgehead atoms. The normalized spacial score (nSPS) is 14.4. The van der Waals surface area contributed by atoms with E-state index in [4.69, 9.17) is 0 Å². The van der Waals surface area contributed by atoms with E-state index in [9.17, 15) is 4.79 Å². The lowest BCUT2D eigenvalue weighted by Gasteiger charge is -2.31. The Balaban J connectivity index is 1.26. The SMILES string of the molecule is O=C(NCc1cccnc1)C1CCN(c2ccc(Nc3ccccc3)nn2)CC1. The number of nitrogens with zero attached hydrogens (tertiary/aromatic N) is 4. The first-order valence-corrected chi connectivity index (χ1v) is 9.85. The van der Waals surface area contributed by atoms with Crippen LogP contribution >= 0.6 is 0 Å². The zero-order valence-corrected chi connectivity index (χ0v) is 16.2. The molecule has 0 unspecified atom stereocenters. The molecule has 1 aliphatic rings. The number of piperidine rings is 1. The number of benzene rings is 1. The largest absolute Gasteiger partial charge is 0.355 e. The summed E-state index contributed by atoms with van der Waals surface area (Å²) in [6, 6.07) is 17.6. The number of nitrogens with one attached hydrogen (secondary N) is 2. The van der Waals surface area contributed by atoms with E-state index in [1.807, 2.05) is 54.6 Å². The third kappa shape index (κ3) is 5.07. The van der Waals surface area contributed by atoms with Crippen LogP contribution in [0.2, 0.25) is 0 Å². The van der Waals surface area contributed by atoms with Gasteiger partial charge in [0, 0.05) is 43.6 Å². The van der Waals surface area contributed by atoms with E-state index in [1.54, 1.807) is 12.4 Å². The summed E-state index contributed by atoms with van der Waals surface area (Å²) in [5, 5.41) is 14.9. The number of hydrogen-bond donors (Lipinski definition) is 2. The van der Waals surface area contributed by atoms with Crippen LogP contribution in [0, 0.1) is 5.92 Å². The van der Waals surface area contributed by atoms with Crippen LogP contribution in [0.25, 0.3) is 0 Å². The molecule has 0 radical (unpaired) electrons. The fourth-order valence-electron chi connectivity index (χ4n) is 3.44. The van der Waals surface area contributed by atoms with E-state index >= 15 is 0 Å². The summed E-state index contributed by atoms with van der Waals surface area (Å²) < 4.78 is 0. The highest BCUT2D eigenvalue weighted by molar-refractivity contribution is 5.79. The number of carbonyl (C=O) groups excluding carboxylic acids is 1. The van der Waals surface area contributed by atoms with E-state index in [2.05, 4.69) is 30.7 Å². The van der Waals surface area contributed by atoms with Crippen LogP contribution in [0.5, 0.6) is 0 Å². The smallest absolute Gasteiger partial charge is 0.223 e. The van der Waals surface area contributed by atoms with Crippen LogP contribution in [-0.4, -0.2) is 34.2 Å². The molecular weight excluding hydrogens is 364 g/mol. The van der Waals surface area contributed by atoms with Gasteiger partial charge in [-0.15, -0.1) is 10.2 Å². The van der Waals surface area contributed by atoms with Crippen molar-refractivity contribution >= 4 is 23.2 Å². The first kappa shape index (κ1) is 18.9. The van der Waals surface area contributed by atoms with Gasteiger partial charge in [-0.3, -0.25) is 9.78 Å². The molecule has 2 aromatic heterocycles. The van der Waals surface area contributed by atoms with E-state index < -0.39 is 0 Å². The lowest BCUT2D eigenvalue weighted by molar-refractivity contribution is -0.125. The number of carbonyl (C=O) groups is 1. The van der Waals surface area contributed by atoms with Crippen molar-refractivity contribution in [1.82, 2.24) is 20.5 Å². The maximum absolute atomic E-state index is 12.4. The maximum Gasteiger partial charge on any atom is 0.223 e. The molecule has 0 atom stereocenters. The Morgan fingerprint density at radius 2 is 1.83 bits per heavy atom. The monoisotopic (exact) mass is 388 g/mol. The quantitative estimate of drug-likeness (QED) is 0.675. The minimum Gasteiger partial charge on any atom is -0.355 e. The molecule has 1 amide bonds. The third-order valence-electron chi connectivity index (χ3n) is 5.08. The molecule has 7 nitrogen and oxygen atoms in total. The van der Waals surface area contributed by atoms with Crippen molar-refractivity contribution in [1.29, 1.82) is 0 Å². The first-order valence-electron chi connectivity index (χ1n) is 9.85. The van der Waals surface area contributed by atoms with Gasteiger partial charge in [0.05, 0.1) is 0 Å².